The number of benzene rings is 1. The van der Waals surface area contributed by atoms with E-state index in [2.05, 4.69) is 31.3 Å². The predicted molar refractivity (Wildman–Crippen MR) is 70.1 cm³/mol. The Morgan fingerprint density at radius 1 is 1.47 bits per heavy atom. The second-order valence-electron chi connectivity index (χ2n) is 4.28. The van der Waals surface area contributed by atoms with Crippen LogP contribution >= 0.6 is 0 Å². The van der Waals surface area contributed by atoms with Crippen molar-refractivity contribution in [3.05, 3.63) is 29.8 Å². The summed E-state index contributed by atoms with van der Waals surface area (Å²) in [4.78, 5) is 11.3. The van der Waals surface area contributed by atoms with Gasteiger partial charge < -0.3 is 10.1 Å². The van der Waals surface area contributed by atoms with Crippen molar-refractivity contribution >= 4 is 11.7 Å². The number of rotatable bonds is 6. The van der Waals surface area contributed by atoms with Crippen molar-refractivity contribution in [3.8, 4) is 0 Å². The largest absolute Gasteiger partial charge is 0.469 e. The van der Waals surface area contributed by atoms with Gasteiger partial charge in [0.2, 0.25) is 0 Å². The monoisotopic (exact) mass is 235 g/mol. The van der Waals surface area contributed by atoms with Gasteiger partial charge in [0.25, 0.3) is 0 Å². The van der Waals surface area contributed by atoms with E-state index in [0.29, 0.717) is 6.42 Å². The average Bonchev–Trinajstić information content (AvgIpc) is 2.29. The molecule has 0 aromatic heterocycles. The molecule has 3 nitrogen and oxygen atoms in total. The van der Waals surface area contributed by atoms with Gasteiger partial charge in [0.05, 0.1) is 13.5 Å². The molecular formula is C14H21NO2. The molecule has 0 bridgehead atoms. The number of hydrogen-bond acceptors (Lipinski definition) is 3. The highest BCUT2D eigenvalue weighted by molar-refractivity contribution is 5.70. The van der Waals surface area contributed by atoms with Gasteiger partial charge in [0.1, 0.15) is 0 Å². The summed E-state index contributed by atoms with van der Waals surface area (Å²) in [5, 5.41) is 3.39. The van der Waals surface area contributed by atoms with Gasteiger partial charge in [-0.15, -0.1) is 0 Å². The molecule has 17 heavy (non-hydrogen) atoms. The molecule has 1 aromatic rings. The Morgan fingerprint density at radius 3 is 2.82 bits per heavy atom. The first-order valence-corrected chi connectivity index (χ1v) is 6.05. The van der Waals surface area contributed by atoms with Crippen LogP contribution in [0.2, 0.25) is 0 Å². The summed E-state index contributed by atoms with van der Waals surface area (Å²) in [5.41, 5.74) is 2.27. The molecule has 1 atom stereocenters. The molecule has 1 aromatic carbocycles. The van der Waals surface area contributed by atoms with Crippen LogP contribution in [0.15, 0.2) is 24.3 Å². The van der Waals surface area contributed by atoms with Crippen molar-refractivity contribution in [2.24, 2.45) is 0 Å². The fourth-order valence-electron chi connectivity index (χ4n) is 1.83. The maximum Gasteiger partial charge on any atom is 0.307 e. The number of hydrogen-bond donors (Lipinski definition) is 1. The number of ether oxygens (including phenoxy) is 1. The normalized spacial score (nSPS) is 11.9. The Kier molecular flexibility index (Phi) is 5.53. The maximum absolute atomic E-state index is 11.3. The van der Waals surface area contributed by atoms with E-state index < -0.39 is 0 Å². The third kappa shape index (κ3) is 4.89. The third-order valence-electron chi connectivity index (χ3n) is 2.67. The zero-order valence-corrected chi connectivity index (χ0v) is 10.8. The smallest absolute Gasteiger partial charge is 0.307 e. The second kappa shape index (κ2) is 6.94. The quantitative estimate of drug-likeness (QED) is 0.770. The summed E-state index contributed by atoms with van der Waals surface area (Å²) >= 11 is 0. The number of nitrogens with one attached hydrogen (secondary N) is 1. The van der Waals surface area contributed by atoms with Crippen molar-refractivity contribution < 1.29 is 9.53 Å². The van der Waals surface area contributed by atoms with Crippen LogP contribution in [0.25, 0.3) is 0 Å². The van der Waals surface area contributed by atoms with Gasteiger partial charge in [-0.2, -0.15) is 0 Å². The lowest BCUT2D eigenvalue weighted by molar-refractivity contribution is -0.140. The first-order valence-electron chi connectivity index (χ1n) is 6.05. The molecule has 0 saturated carbocycles. The highest BCUT2D eigenvalue weighted by atomic mass is 16.5. The zero-order chi connectivity index (χ0) is 12.7. The number of anilines is 1. The molecule has 0 radical (unpaired) electrons. The van der Waals surface area contributed by atoms with E-state index >= 15 is 0 Å². The van der Waals surface area contributed by atoms with Crippen molar-refractivity contribution in [3.63, 3.8) is 0 Å². The van der Waals surface area contributed by atoms with Gasteiger partial charge in [-0.3, -0.25) is 4.79 Å². The molecule has 1 rings (SSSR count). The van der Waals surface area contributed by atoms with Crippen LogP contribution in [-0.4, -0.2) is 19.1 Å². The van der Waals surface area contributed by atoms with E-state index in [1.807, 2.05) is 12.1 Å². The standard InChI is InChI=1S/C14H21NO2/c1-4-6-12(10-14(16)17-3)15-13-8-5-7-11(2)9-13/h5,7-9,12,15H,4,6,10H2,1-3H3/t12-/m0/s1. The van der Waals surface area contributed by atoms with Crippen LogP contribution in [0.1, 0.15) is 31.7 Å². The van der Waals surface area contributed by atoms with Crippen LogP contribution in [-0.2, 0) is 9.53 Å². The molecule has 0 amide bonds. The predicted octanol–water partition coefficient (Wildman–Crippen LogP) is 3.14. The Bertz CT molecular complexity index is 363. The van der Waals surface area contributed by atoms with Crippen molar-refractivity contribution in [1.82, 2.24) is 0 Å². The lowest BCUT2D eigenvalue weighted by Gasteiger charge is -2.18. The number of aryl methyl sites for hydroxylation is 1. The van der Waals surface area contributed by atoms with E-state index in [4.69, 9.17) is 4.74 Å². The number of esters is 1. The average molecular weight is 235 g/mol. The first-order chi connectivity index (χ1) is 8.15. The minimum absolute atomic E-state index is 0.147. The van der Waals surface area contributed by atoms with Crippen LogP contribution < -0.4 is 5.32 Å². The van der Waals surface area contributed by atoms with E-state index in [9.17, 15) is 4.79 Å². The van der Waals surface area contributed by atoms with Crippen molar-refractivity contribution in [2.75, 3.05) is 12.4 Å². The van der Waals surface area contributed by atoms with E-state index in [1.54, 1.807) is 0 Å². The molecule has 94 valence electrons. The molecule has 0 spiro atoms. The maximum atomic E-state index is 11.3. The molecule has 3 heteroatoms. The number of carbonyl (C=O) groups is 1. The summed E-state index contributed by atoms with van der Waals surface area (Å²) in [7, 11) is 1.43. The van der Waals surface area contributed by atoms with E-state index in [1.165, 1.54) is 12.7 Å². The minimum Gasteiger partial charge on any atom is -0.469 e. The summed E-state index contributed by atoms with van der Waals surface area (Å²) in [6.07, 6.45) is 2.42. The highest BCUT2D eigenvalue weighted by Gasteiger charge is 2.13. The lowest BCUT2D eigenvalue weighted by atomic mass is 10.1. The number of methoxy groups -OCH3 is 1. The van der Waals surface area contributed by atoms with Crippen molar-refractivity contribution in [1.29, 1.82) is 0 Å². The van der Waals surface area contributed by atoms with Crippen LogP contribution in [0.4, 0.5) is 5.69 Å². The topological polar surface area (TPSA) is 38.3 Å². The SMILES string of the molecule is CCC[C@@H](CC(=O)OC)Nc1cccc(C)c1. The summed E-state index contributed by atoms with van der Waals surface area (Å²) in [5.74, 6) is -0.163. The number of carbonyl (C=O) groups excluding carboxylic acids is 1. The van der Waals surface area contributed by atoms with Crippen LogP contribution in [0.3, 0.4) is 0 Å². The molecule has 0 aliphatic heterocycles. The molecule has 0 heterocycles. The molecular weight excluding hydrogens is 214 g/mol. The minimum atomic E-state index is -0.163. The molecule has 0 fully saturated rings. The molecule has 0 saturated heterocycles. The molecule has 0 aliphatic rings. The lowest BCUT2D eigenvalue weighted by Crippen LogP contribution is -2.23. The van der Waals surface area contributed by atoms with Gasteiger partial charge in [0, 0.05) is 11.7 Å². The molecule has 0 unspecified atom stereocenters. The van der Waals surface area contributed by atoms with E-state index in [-0.39, 0.29) is 12.0 Å². The first kappa shape index (κ1) is 13.6. The van der Waals surface area contributed by atoms with Crippen LogP contribution in [0, 0.1) is 6.92 Å². The van der Waals surface area contributed by atoms with Gasteiger partial charge in [-0.25, -0.2) is 0 Å². The Balaban J connectivity index is 2.62. The van der Waals surface area contributed by atoms with Gasteiger partial charge in [-0.05, 0) is 31.0 Å². The summed E-state index contributed by atoms with van der Waals surface area (Å²) in [6.45, 7) is 4.17. The van der Waals surface area contributed by atoms with Crippen LogP contribution in [0.5, 0.6) is 0 Å². The highest BCUT2D eigenvalue weighted by Crippen LogP contribution is 2.15. The van der Waals surface area contributed by atoms with Crippen molar-refractivity contribution in [2.45, 2.75) is 39.2 Å². The fourth-order valence-corrected chi connectivity index (χ4v) is 1.83. The second-order valence-corrected chi connectivity index (χ2v) is 4.28. The Morgan fingerprint density at radius 2 is 2.24 bits per heavy atom. The summed E-state index contributed by atoms with van der Waals surface area (Å²) in [6, 6.07) is 8.32. The van der Waals surface area contributed by atoms with Gasteiger partial charge >= 0.3 is 5.97 Å². The third-order valence-corrected chi connectivity index (χ3v) is 2.67. The van der Waals surface area contributed by atoms with Gasteiger partial charge in [-0.1, -0.05) is 25.5 Å². The van der Waals surface area contributed by atoms with E-state index in [0.717, 1.165) is 18.5 Å². The zero-order valence-electron chi connectivity index (χ0n) is 10.8. The van der Waals surface area contributed by atoms with Gasteiger partial charge in [0.15, 0.2) is 0 Å². The Hall–Kier alpha value is -1.51. The molecule has 1 N–H and O–H groups in total. The fraction of sp³-hybridized carbons (Fsp3) is 0.500. The Labute approximate surface area is 103 Å². The molecule has 0 aliphatic carbocycles. The summed E-state index contributed by atoms with van der Waals surface area (Å²) < 4.78 is 4.71.